The zero-order chi connectivity index (χ0) is 19.2. The SMILES string of the molecule is CN=C(NCc1ccc(OC)c(NC(C)=O)c1)N1CCc2ccccc2C1. The van der Waals surface area contributed by atoms with Gasteiger partial charge < -0.3 is 20.3 Å². The lowest BCUT2D eigenvalue weighted by Crippen LogP contribution is -2.43. The molecule has 0 saturated heterocycles. The van der Waals surface area contributed by atoms with Crippen LogP contribution in [0.15, 0.2) is 47.5 Å². The molecule has 6 nitrogen and oxygen atoms in total. The van der Waals surface area contributed by atoms with Crippen LogP contribution in [0.4, 0.5) is 5.69 Å². The molecule has 142 valence electrons. The van der Waals surface area contributed by atoms with Crippen molar-refractivity contribution in [2.75, 3.05) is 26.0 Å². The van der Waals surface area contributed by atoms with Crippen LogP contribution in [-0.4, -0.2) is 37.5 Å². The van der Waals surface area contributed by atoms with Gasteiger partial charge in [-0.2, -0.15) is 0 Å². The van der Waals surface area contributed by atoms with Gasteiger partial charge in [0.15, 0.2) is 5.96 Å². The van der Waals surface area contributed by atoms with E-state index in [1.54, 1.807) is 14.2 Å². The normalized spacial score (nSPS) is 13.7. The third kappa shape index (κ3) is 4.58. The van der Waals surface area contributed by atoms with Crippen LogP contribution < -0.4 is 15.4 Å². The number of rotatable bonds is 4. The van der Waals surface area contributed by atoms with Gasteiger partial charge in [-0.25, -0.2) is 0 Å². The Morgan fingerprint density at radius 1 is 1.22 bits per heavy atom. The van der Waals surface area contributed by atoms with Crippen LogP contribution in [0.1, 0.15) is 23.6 Å². The van der Waals surface area contributed by atoms with Gasteiger partial charge in [0.25, 0.3) is 0 Å². The summed E-state index contributed by atoms with van der Waals surface area (Å²) in [7, 11) is 3.40. The number of fused-ring (bicyclic) bond motifs is 1. The van der Waals surface area contributed by atoms with E-state index in [1.807, 2.05) is 18.2 Å². The number of amides is 1. The number of benzene rings is 2. The molecule has 0 aliphatic carbocycles. The van der Waals surface area contributed by atoms with Gasteiger partial charge in [0.05, 0.1) is 12.8 Å². The Kier molecular flexibility index (Phi) is 5.96. The van der Waals surface area contributed by atoms with Crippen LogP contribution in [0.25, 0.3) is 0 Å². The minimum Gasteiger partial charge on any atom is -0.495 e. The van der Waals surface area contributed by atoms with Crippen LogP contribution in [0.5, 0.6) is 5.75 Å². The Bertz CT molecular complexity index is 848. The second-order valence-electron chi connectivity index (χ2n) is 6.56. The van der Waals surface area contributed by atoms with Gasteiger partial charge in [-0.05, 0) is 35.2 Å². The fourth-order valence-electron chi connectivity index (χ4n) is 3.34. The van der Waals surface area contributed by atoms with E-state index in [0.29, 0.717) is 18.0 Å². The molecule has 1 aliphatic rings. The lowest BCUT2D eigenvalue weighted by molar-refractivity contribution is -0.114. The molecule has 0 fully saturated rings. The molecule has 1 aliphatic heterocycles. The first-order valence-corrected chi connectivity index (χ1v) is 9.07. The zero-order valence-corrected chi connectivity index (χ0v) is 16.1. The van der Waals surface area contributed by atoms with Gasteiger partial charge in [-0.1, -0.05) is 30.3 Å². The Morgan fingerprint density at radius 3 is 2.70 bits per heavy atom. The van der Waals surface area contributed by atoms with E-state index in [4.69, 9.17) is 4.74 Å². The Hall–Kier alpha value is -3.02. The highest BCUT2D eigenvalue weighted by molar-refractivity contribution is 5.90. The van der Waals surface area contributed by atoms with Crippen LogP contribution >= 0.6 is 0 Å². The first-order valence-electron chi connectivity index (χ1n) is 9.07. The van der Waals surface area contributed by atoms with Crippen molar-refractivity contribution in [3.05, 3.63) is 59.2 Å². The van der Waals surface area contributed by atoms with Gasteiger partial charge in [0.1, 0.15) is 5.75 Å². The lowest BCUT2D eigenvalue weighted by atomic mass is 10.0. The minimum atomic E-state index is -0.124. The molecule has 0 spiro atoms. The molecule has 27 heavy (non-hydrogen) atoms. The van der Waals surface area contributed by atoms with E-state index >= 15 is 0 Å². The summed E-state index contributed by atoms with van der Waals surface area (Å²) in [6.07, 6.45) is 1.02. The van der Waals surface area contributed by atoms with Gasteiger partial charge in [-0.3, -0.25) is 9.79 Å². The topological polar surface area (TPSA) is 66.0 Å². The second-order valence-corrected chi connectivity index (χ2v) is 6.56. The number of nitrogens with one attached hydrogen (secondary N) is 2. The number of hydrogen-bond acceptors (Lipinski definition) is 3. The summed E-state index contributed by atoms with van der Waals surface area (Å²) in [5.41, 5.74) is 4.48. The minimum absolute atomic E-state index is 0.124. The number of carbonyl (C=O) groups is 1. The molecule has 6 heteroatoms. The second kappa shape index (κ2) is 8.58. The summed E-state index contributed by atoms with van der Waals surface area (Å²) in [5, 5.41) is 6.23. The summed E-state index contributed by atoms with van der Waals surface area (Å²) in [4.78, 5) is 18.1. The number of nitrogens with zero attached hydrogens (tertiary/aromatic N) is 2. The predicted octanol–water partition coefficient (Wildman–Crippen LogP) is 2.79. The largest absolute Gasteiger partial charge is 0.495 e. The Morgan fingerprint density at radius 2 is 2.00 bits per heavy atom. The molecule has 0 radical (unpaired) electrons. The van der Waals surface area contributed by atoms with Crippen LogP contribution in [-0.2, 0) is 24.3 Å². The maximum atomic E-state index is 11.4. The Balaban J connectivity index is 1.67. The molecule has 0 bridgehead atoms. The average Bonchev–Trinajstić information content (AvgIpc) is 2.68. The highest BCUT2D eigenvalue weighted by Gasteiger charge is 2.18. The fourth-order valence-corrected chi connectivity index (χ4v) is 3.34. The third-order valence-corrected chi connectivity index (χ3v) is 4.67. The van der Waals surface area contributed by atoms with Crippen molar-refractivity contribution in [2.45, 2.75) is 26.4 Å². The van der Waals surface area contributed by atoms with Crippen molar-refractivity contribution in [3.8, 4) is 5.75 Å². The van der Waals surface area contributed by atoms with Crippen LogP contribution in [0, 0.1) is 0 Å². The quantitative estimate of drug-likeness (QED) is 0.645. The number of hydrogen-bond donors (Lipinski definition) is 2. The zero-order valence-electron chi connectivity index (χ0n) is 16.1. The maximum Gasteiger partial charge on any atom is 0.221 e. The molecular formula is C21H26N4O2. The first-order chi connectivity index (χ1) is 13.1. The van der Waals surface area contributed by atoms with E-state index in [-0.39, 0.29) is 5.91 Å². The smallest absolute Gasteiger partial charge is 0.221 e. The standard InChI is InChI=1S/C21H26N4O2/c1-15(26)24-19-12-16(8-9-20(19)27-3)13-23-21(22-2)25-11-10-17-6-4-5-7-18(17)14-25/h4-9,12H,10-11,13-14H2,1-3H3,(H,22,23)(H,24,26). The van der Waals surface area contributed by atoms with Crippen molar-refractivity contribution >= 4 is 17.6 Å². The number of anilines is 1. The van der Waals surface area contributed by atoms with E-state index in [1.165, 1.54) is 18.1 Å². The molecule has 0 atom stereocenters. The number of guanidine groups is 1. The van der Waals surface area contributed by atoms with E-state index in [0.717, 1.165) is 31.0 Å². The molecule has 0 unspecified atom stereocenters. The highest BCUT2D eigenvalue weighted by Crippen LogP contribution is 2.25. The van der Waals surface area contributed by atoms with Crippen molar-refractivity contribution < 1.29 is 9.53 Å². The van der Waals surface area contributed by atoms with Gasteiger partial charge >= 0.3 is 0 Å². The monoisotopic (exact) mass is 366 g/mol. The van der Waals surface area contributed by atoms with Crippen molar-refractivity contribution in [1.29, 1.82) is 0 Å². The van der Waals surface area contributed by atoms with E-state index < -0.39 is 0 Å². The van der Waals surface area contributed by atoms with Gasteiger partial charge in [0.2, 0.25) is 5.91 Å². The number of ether oxygens (including phenoxy) is 1. The third-order valence-electron chi connectivity index (χ3n) is 4.67. The molecule has 1 heterocycles. The van der Waals surface area contributed by atoms with Crippen LogP contribution in [0.3, 0.4) is 0 Å². The number of methoxy groups -OCH3 is 1. The molecule has 3 rings (SSSR count). The van der Waals surface area contributed by atoms with E-state index in [9.17, 15) is 4.79 Å². The molecular weight excluding hydrogens is 340 g/mol. The highest BCUT2D eigenvalue weighted by atomic mass is 16.5. The van der Waals surface area contributed by atoms with Crippen molar-refractivity contribution in [3.63, 3.8) is 0 Å². The molecule has 1 amide bonds. The van der Waals surface area contributed by atoms with Gasteiger partial charge in [-0.15, -0.1) is 0 Å². The maximum absolute atomic E-state index is 11.4. The van der Waals surface area contributed by atoms with Crippen molar-refractivity contribution in [1.82, 2.24) is 10.2 Å². The predicted molar refractivity (Wildman–Crippen MR) is 108 cm³/mol. The summed E-state index contributed by atoms with van der Waals surface area (Å²) in [5.74, 6) is 1.40. The molecule has 0 saturated carbocycles. The molecule has 0 aromatic heterocycles. The molecule has 2 aromatic carbocycles. The van der Waals surface area contributed by atoms with E-state index in [2.05, 4.69) is 44.8 Å². The summed E-state index contributed by atoms with van der Waals surface area (Å²) >= 11 is 0. The summed E-state index contributed by atoms with van der Waals surface area (Å²) in [6.45, 7) is 3.90. The van der Waals surface area contributed by atoms with Crippen LogP contribution in [0.2, 0.25) is 0 Å². The lowest BCUT2D eigenvalue weighted by Gasteiger charge is -2.31. The molecule has 2 N–H and O–H groups in total. The summed E-state index contributed by atoms with van der Waals surface area (Å²) < 4.78 is 5.31. The summed E-state index contributed by atoms with van der Waals surface area (Å²) in [6, 6.07) is 14.3. The average molecular weight is 366 g/mol. The number of carbonyl (C=O) groups excluding carboxylic acids is 1. The first kappa shape index (κ1) is 18.8. The van der Waals surface area contributed by atoms with Crippen molar-refractivity contribution in [2.24, 2.45) is 4.99 Å². The van der Waals surface area contributed by atoms with Gasteiger partial charge in [0, 0.05) is 33.6 Å². The Labute approximate surface area is 160 Å². The number of aliphatic imine (C=N–C) groups is 1. The molecule has 2 aromatic rings. The fraction of sp³-hybridized carbons (Fsp3) is 0.333.